The smallest absolute Gasteiger partial charge is 0.387 e. The number of nitrogens with zero attached hydrogens (tertiary/aromatic N) is 2. The van der Waals surface area contributed by atoms with Crippen LogP contribution in [0.2, 0.25) is 0 Å². The van der Waals surface area contributed by atoms with Gasteiger partial charge in [-0.1, -0.05) is 6.07 Å². The van der Waals surface area contributed by atoms with Gasteiger partial charge >= 0.3 is 12.6 Å². The topological polar surface area (TPSA) is 62.7 Å². The zero-order valence-corrected chi connectivity index (χ0v) is 18.4. The van der Waals surface area contributed by atoms with Crippen LogP contribution in [-0.4, -0.2) is 29.7 Å². The largest absolute Gasteiger partial charge is 0.478 e. The summed E-state index contributed by atoms with van der Waals surface area (Å²) in [7, 11) is 1.95. The fourth-order valence-electron chi connectivity index (χ4n) is 4.57. The number of anilines is 2. The minimum atomic E-state index is -2.84. The minimum absolute atomic E-state index is 0.134. The number of carboxylic acids is 1. The third kappa shape index (κ3) is 5.30. The molecule has 7 heteroatoms. The summed E-state index contributed by atoms with van der Waals surface area (Å²) in [6, 6.07) is 14.6. The van der Waals surface area contributed by atoms with Crippen molar-refractivity contribution in [1.82, 2.24) is 4.98 Å². The Morgan fingerprint density at radius 2 is 1.94 bits per heavy atom. The van der Waals surface area contributed by atoms with E-state index < -0.39 is 12.6 Å². The van der Waals surface area contributed by atoms with E-state index in [0.717, 1.165) is 42.6 Å². The molecule has 4 rings (SSSR count). The van der Waals surface area contributed by atoms with Crippen molar-refractivity contribution in [2.24, 2.45) is 0 Å². The van der Waals surface area contributed by atoms with E-state index in [9.17, 15) is 18.7 Å². The molecule has 0 saturated heterocycles. The number of benzene rings is 2. The number of aromatic nitrogens is 1. The predicted octanol–water partition coefficient (Wildman–Crippen LogP) is 6.20. The number of aryl methyl sites for hydroxylation is 2. The number of aromatic carboxylic acids is 1. The molecule has 33 heavy (non-hydrogen) atoms. The molecule has 1 heterocycles. The number of carbonyl (C=O) groups is 1. The molecule has 1 N–H and O–H groups in total. The molecular formula is C26H26F2N2O3. The highest BCUT2D eigenvalue weighted by molar-refractivity contribution is 5.89. The first-order chi connectivity index (χ1) is 15.9. The second-order valence-electron chi connectivity index (χ2n) is 8.28. The molecule has 0 aliphatic heterocycles. The summed E-state index contributed by atoms with van der Waals surface area (Å²) in [4.78, 5) is 17.6. The van der Waals surface area contributed by atoms with Crippen LogP contribution >= 0.6 is 0 Å². The van der Waals surface area contributed by atoms with E-state index in [0.29, 0.717) is 17.9 Å². The maximum Gasteiger partial charge on any atom is 0.387 e. The Kier molecular flexibility index (Phi) is 6.87. The van der Waals surface area contributed by atoms with Gasteiger partial charge in [0.05, 0.1) is 5.56 Å². The highest BCUT2D eigenvalue weighted by Crippen LogP contribution is 2.38. The Hall–Kier alpha value is -3.48. The SMILES string of the molecule is CN(c1ccc(OC(F)F)cc1)c1ccc2c(c1)CCC[C@H]2CCc1cnccc1C(=O)O. The molecule has 1 aromatic heterocycles. The van der Waals surface area contributed by atoms with Crippen LogP contribution < -0.4 is 9.64 Å². The maximum absolute atomic E-state index is 12.4. The van der Waals surface area contributed by atoms with E-state index in [4.69, 9.17) is 0 Å². The minimum Gasteiger partial charge on any atom is -0.478 e. The molecule has 1 aliphatic rings. The van der Waals surface area contributed by atoms with Crippen LogP contribution in [0.5, 0.6) is 5.75 Å². The van der Waals surface area contributed by atoms with E-state index in [1.54, 1.807) is 24.4 Å². The van der Waals surface area contributed by atoms with Crippen LogP contribution in [0, 0.1) is 0 Å². The number of halogens is 2. The lowest BCUT2D eigenvalue weighted by Crippen LogP contribution is -2.14. The van der Waals surface area contributed by atoms with Gasteiger partial charge in [0.15, 0.2) is 0 Å². The molecule has 5 nitrogen and oxygen atoms in total. The Morgan fingerprint density at radius 3 is 2.67 bits per heavy atom. The first-order valence-electron chi connectivity index (χ1n) is 11.0. The van der Waals surface area contributed by atoms with Crippen molar-refractivity contribution in [3.8, 4) is 5.75 Å². The van der Waals surface area contributed by atoms with Crippen LogP contribution in [-0.2, 0) is 12.8 Å². The summed E-state index contributed by atoms with van der Waals surface area (Å²) >= 11 is 0. The molecule has 1 atom stereocenters. The number of alkyl halides is 2. The number of carboxylic acid groups (broad SMARTS) is 1. The summed E-state index contributed by atoms with van der Waals surface area (Å²) in [6.45, 7) is -2.84. The van der Waals surface area contributed by atoms with Crippen LogP contribution in [0.4, 0.5) is 20.2 Å². The van der Waals surface area contributed by atoms with Gasteiger partial charge in [0.1, 0.15) is 5.75 Å². The van der Waals surface area contributed by atoms with Crippen molar-refractivity contribution in [2.75, 3.05) is 11.9 Å². The summed E-state index contributed by atoms with van der Waals surface area (Å²) in [6.07, 6.45) is 7.89. The third-order valence-corrected chi connectivity index (χ3v) is 6.30. The van der Waals surface area contributed by atoms with Gasteiger partial charge in [-0.15, -0.1) is 0 Å². The second kappa shape index (κ2) is 9.98. The molecule has 0 radical (unpaired) electrons. The van der Waals surface area contributed by atoms with Crippen molar-refractivity contribution in [3.63, 3.8) is 0 Å². The highest BCUT2D eigenvalue weighted by atomic mass is 19.3. The lowest BCUT2D eigenvalue weighted by atomic mass is 9.79. The molecule has 3 aromatic rings. The number of rotatable bonds is 8. The molecule has 172 valence electrons. The fourth-order valence-corrected chi connectivity index (χ4v) is 4.57. The Morgan fingerprint density at radius 1 is 1.18 bits per heavy atom. The Bertz CT molecular complexity index is 1120. The molecule has 1 aliphatic carbocycles. The Balaban J connectivity index is 1.48. The molecule has 0 saturated carbocycles. The number of ether oxygens (including phenoxy) is 1. The summed E-state index contributed by atoms with van der Waals surface area (Å²) < 4.78 is 29.2. The summed E-state index contributed by atoms with van der Waals surface area (Å²) in [5.41, 5.74) is 5.62. The lowest BCUT2D eigenvalue weighted by molar-refractivity contribution is -0.0498. The summed E-state index contributed by atoms with van der Waals surface area (Å²) in [5.74, 6) is -0.409. The first-order valence-corrected chi connectivity index (χ1v) is 11.0. The van der Waals surface area contributed by atoms with E-state index in [1.807, 2.05) is 11.9 Å². The van der Waals surface area contributed by atoms with E-state index in [-0.39, 0.29) is 5.75 Å². The lowest BCUT2D eigenvalue weighted by Gasteiger charge is -2.28. The van der Waals surface area contributed by atoms with Gasteiger partial charge in [0, 0.05) is 30.8 Å². The van der Waals surface area contributed by atoms with Crippen molar-refractivity contribution in [2.45, 2.75) is 44.6 Å². The maximum atomic E-state index is 12.4. The number of pyridine rings is 1. The fraction of sp³-hybridized carbons (Fsp3) is 0.308. The van der Waals surface area contributed by atoms with E-state index in [2.05, 4.69) is 27.9 Å². The van der Waals surface area contributed by atoms with Gasteiger partial charge in [0.2, 0.25) is 0 Å². The van der Waals surface area contributed by atoms with Gasteiger partial charge in [-0.2, -0.15) is 8.78 Å². The molecule has 0 bridgehead atoms. The average molecular weight is 453 g/mol. The number of fused-ring (bicyclic) bond motifs is 1. The second-order valence-corrected chi connectivity index (χ2v) is 8.28. The van der Waals surface area contributed by atoms with Gasteiger partial charge < -0.3 is 14.7 Å². The quantitative estimate of drug-likeness (QED) is 0.441. The van der Waals surface area contributed by atoms with Crippen molar-refractivity contribution < 1.29 is 23.4 Å². The third-order valence-electron chi connectivity index (χ3n) is 6.30. The normalized spacial score (nSPS) is 15.2. The van der Waals surface area contributed by atoms with Gasteiger partial charge in [-0.25, -0.2) is 4.79 Å². The molecule has 2 aromatic carbocycles. The average Bonchev–Trinajstić information content (AvgIpc) is 2.82. The van der Waals surface area contributed by atoms with Crippen LogP contribution in [0.3, 0.4) is 0 Å². The van der Waals surface area contributed by atoms with E-state index in [1.165, 1.54) is 29.5 Å². The van der Waals surface area contributed by atoms with Crippen LogP contribution in [0.25, 0.3) is 0 Å². The summed E-state index contributed by atoms with van der Waals surface area (Å²) in [5, 5.41) is 9.42. The van der Waals surface area contributed by atoms with Crippen molar-refractivity contribution in [1.29, 1.82) is 0 Å². The molecular weight excluding hydrogens is 426 g/mol. The van der Waals surface area contributed by atoms with Gasteiger partial charge in [-0.05, 0) is 97.2 Å². The zero-order valence-electron chi connectivity index (χ0n) is 18.4. The standard InChI is InChI=1S/C26H26F2N2O3/c1-30(20-7-10-22(11-8-20)33-26(27)28)21-9-12-23-17(3-2-4-18(23)15-21)5-6-19-16-29-14-13-24(19)25(31)32/h7-17,26H,2-6H2,1H3,(H,31,32)/t17-/m0/s1. The highest BCUT2D eigenvalue weighted by Gasteiger charge is 2.22. The van der Waals surface area contributed by atoms with Crippen molar-refractivity contribution in [3.05, 3.63) is 83.2 Å². The molecule has 0 unspecified atom stereocenters. The number of hydrogen-bond donors (Lipinski definition) is 1. The van der Waals surface area contributed by atoms with Crippen LogP contribution in [0.15, 0.2) is 60.9 Å². The molecule has 0 spiro atoms. The zero-order chi connectivity index (χ0) is 23.4. The Labute approximate surface area is 191 Å². The van der Waals surface area contributed by atoms with Crippen LogP contribution in [0.1, 0.15) is 52.2 Å². The molecule has 0 amide bonds. The monoisotopic (exact) mass is 452 g/mol. The molecule has 0 fully saturated rings. The van der Waals surface area contributed by atoms with Gasteiger partial charge in [0.25, 0.3) is 0 Å². The number of hydrogen-bond acceptors (Lipinski definition) is 4. The first kappa shape index (κ1) is 22.7. The van der Waals surface area contributed by atoms with E-state index >= 15 is 0 Å². The van der Waals surface area contributed by atoms with Gasteiger partial charge in [-0.3, -0.25) is 4.98 Å². The predicted molar refractivity (Wildman–Crippen MR) is 123 cm³/mol. The van der Waals surface area contributed by atoms with Crippen molar-refractivity contribution >= 4 is 17.3 Å².